The fourth-order valence-corrected chi connectivity index (χ4v) is 1.70. The van der Waals surface area contributed by atoms with Crippen molar-refractivity contribution < 1.29 is 17.7 Å². The predicted molar refractivity (Wildman–Crippen MR) is 56.2 cm³/mol. The second-order valence-corrected chi connectivity index (χ2v) is 3.97. The van der Waals surface area contributed by atoms with Crippen LogP contribution in [0.5, 0.6) is 0 Å². The molecule has 1 heterocycles. The Morgan fingerprint density at radius 1 is 1.24 bits per heavy atom. The molecule has 0 aliphatic carbocycles. The first-order valence-electron chi connectivity index (χ1n) is 4.60. The number of benzene rings is 1. The molecule has 0 amide bonds. The summed E-state index contributed by atoms with van der Waals surface area (Å²) in [5.41, 5.74) is -0.561. The summed E-state index contributed by atoms with van der Waals surface area (Å²) >= 11 is 2.94. The van der Waals surface area contributed by atoms with Crippen LogP contribution < -0.4 is 0 Å². The molecule has 0 N–H and O–H groups in total. The van der Waals surface area contributed by atoms with E-state index >= 15 is 0 Å². The van der Waals surface area contributed by atoms with Crippen molar-refractivity contribution in [3.8, 4) is 0 Å². The van der Waals surface area contributed by atoms with Gasteiger partial charge in [0, 0.05) is 22.4 Å². The van der Waals surface area contributed by atoms with E-state index in [1.807, 2.05) is 0 Å². The maximum Gasteiger partial charge on any atom is 0.416 e. The number of alkyl halides is 3. The molecule has 0 saturated heterocycles. The van der Waals surface area contributed by atoms with Gasteiger partial charge in [0.25, 0.3) is 4.80 Å². The Morgan fingerprint density at radius 3 is 2.53 bits per heavy atom. The van der Waals surface area contributed by atoms with Crippen molar-refractivity contribution in [1.82, 2.24) is 10.1 Å². The Labute approximate surface area is 103 Å². The summed E-state index contributed by atoms with van der Waals surface area (Å²) in [6.45, 7) is 0. The monoisotopic (exact) mass is 306 g/mol. The van der Waals surface area contributed by atoms with Gasteiger partial charge in [-0.25, -0.2) is 0 Å². The van der Waals surface area contributed by atoms with Crippen molar-refractivity contribution in [2.45, 2.75) is 12.6 Å². The zero-order chi connectivity index (χ0) is 12.5. The largest absolute Gasteiger partial charge is 0.416 e. The van der Waals surface area contributed by atoms with Gasteiger partial charge < -0.3 is 4.52 Å². The zero-order valence-electron chi connectivity index (χ0n) is 8.33. The van der Waals surface area contributed by atoms with Crippen LogP contribution in [0, 0.1) is 0 Å². The van der Waals surface area contributed by atoms with Gasteiger partial charge in [0.2, 0.25) is 0 Å². The van der Waals surface area contributed by atoms with Crippen LogP contribution in [0.3, 0.4) is 0 Å². The van der Waals surface area contributed by atoms with E-state index in [1.54, 1.807) is 6.07 Å². The van der Waals surface area contributed by atoms with E-state index in [-0.39, 0.29) is 22.6 Å². The minimum absolute atomic E-state index is 0.0230. The van der Waals surface area contributed by atoms with E-state index < -0.39 is 11.7 Å². The predicted octanol–water partition coefficient (Wildman–Crippen LogP) is 3.44. The van der Waals surface area contributed by atoms with Gasteiger partial charge in [0.1, 0.15) is 0 Å². The van der Waals surface area contributed by atoms with Crippen LogP contribution >= 0.6 is 15.9 Å². The highest BCUT2D eigenvalue weighted by Gasteiger charge is 2.33. The lowest BCUT2D eigenvalue weighted by Crippen LogP contribution is -2.09. The van der Waals surface area contributed by atoms with Crippen LogP contribution in [0.2, 0.25) is 0 Å². The summed E-state index contributed by atoms with van der Waals surface area (Å²) in [6, 6.07) is 5.32. The van der Waals surface area contributed by atoms with E-state index in [2.05, 4.69) is 30.6 Å². The van der Waals surface area contributed by atoms with Gasteiger partial charge in [-0.15, -0.1) is 0 Å². The normalized spacial score (nSPS) is 11.8. The molecule has 0 bridgehead atoms. The molecule has 0 aliphatic heterocycles. The van der Waals surface area contributed by atoms with Crippen LogP contribution in [0.15, 0.2) is 33.6 Å². The molecule has 0 aliphatic rings. The van der Waals surface area contributed by atoms with E-state index in [0.717, 1.165) is 6.07 Å². The van der Waals surface area contributed by atoms with Crippen LogP contribution in [-0.2, 0) is 12.6 Å². The van der Waals surface area contributed by atoms with Gasteiger partial charge in [0.05, 0.1) is 5.56 Å². The maximum absolute atomic E-state index is 12.7. The third-order valence-electron chi connectivity index (χ3n) is 2.11. The van der Waals surface area contributed by atoms with Crippen molar-refractivity contribution >= 4 is 15.9 Å². The van der Waals surface area contributed by atoms with Crippen LogP contribution in [0.4, 0.5) is 13.2 Å². The molecule has 1 aromatic carbocycles. The molecule has 0 fully saturated rings. The minimum atomic E-state index is -4.38. The summed E-state index contributed by atoms with van der Waals surface area (Å²) < 4.78 is 42.7. The lowest BCUT2D eigenvalue weighted by molar-refractivity contribution is -0.138. The molecule has 17 heavy (non-hydrogen) atoms. The summed E-state index contributed by atoms with van der Waals surface area (Å²) in [5.74, 6) is 0.202. The summed E-state index contributed by atoms with van der Waals surface area (Å²) in [7, 11) is 0. The molecule has 0 saturated carbocycles. The second kappa shape index (κ2) is 4.48. The highest BCUT2D eigenvalue weighted by atomic mass is 79.9. The highest BCUT2D eigenvalue weighted by molar-refractivity contribution is 9.10. The van der Waals surface area contributed by atoms with Gasteiger partial charge in [0.15, 0.2) is 5.82 Å². The molecule has 0 atom stereocenters. The van der Waals surface area contributed by atoms with Gasteiger partial charge in [-0.3, -0.25) is 0 Å². The summed E-state index contributed by atoms with van der Waals surface area (Å²) in [5, 5.41) is 3.53. The average molecular weight is 307 g/mol. The Bertz CT molecular complexity index is 524. The van der Waals surface area contributed by atoms with Gasteiger partial charge >= 0.3 is 6.18 Å². The molecule has 3 nitrogen and oxygen atoms in total. The fraction of sp³-hybridized carbons (Fsp3) is 0.200. The summed E-state index contributed by atoms with van der Waals surface area (Å²) in [6.07, 6.45) is -4.40. The quantitative estimate of drug-likeness (QED) is 0.853. The molecule has 2 aromatic rings. The third kappa shape index (κ3) is 2.85. The maximum atomic E-state index is 12.7. The number of rotatable bonds is 2. The Hall–Kier alpha value is -1.37. The number of hydrogen-bond donors (Lipinski definition) is 0. The van der Waals surface area contributed by atoms with Crippen LogP contribution in [-0.4, -0.2) is 10.1 Å². The third-order valence-corrected chi connectivity index (χ3v) is 2.44. The van der Waals surface area contributed by atoms with Gasteiger partial charge in [-0.1, -0.05) is 23.4 Å². The summed E-state index contributed by atoms with van der Waals surface area (Å²) in [4.78, 5) is 3.95. The van der Waals surface area contributed by atoms with E-state index in [9.17, 15) is 13.2 Å². The SMILES string of the molecule is FC(F)(F)c1ccccc1Cc1noc(Br)n1. The lowest BCUT2D eigenvalue weighted by Gasteiger charge is -2.10. The van der Waals surface area contributed by atoms with Crippen molar-refractivity contribution in [3.05, 3.63) is 46.0 Å². The molecule has 7 heteroatoms. The lowest BCUT2D eigenvalue weighted by atomic mass is 10.0. The smallest absolute Gasteiger partial charge is 0.327 e. The molecule has 0 radical (unpaired) electrons. The standard InChI is InChI=1S/C10H6BrF3N2O/c11-9-15-8(16-17-9)5-6-3-1-2-4-7(6)10(12,13)14/h1-4H,5H2. The molecule has 90 valence electrons. The van der Waals surface area contributed by atoms with Crippen molar-refractivity contribution in [2.24, 2.45) is 0 Å². The van der Waals surface area contributed by atoms with Crippen LogP contribution in [0.1, 0.15) is 17.0 Å². The Balaban J connectivity index is 2.33. The molecule has 2 rings (SSSR count). The topological polar surface area (TPSA) is 38.9 Å². The van der Waals surface area contributed by atoms with Crippen molar-refractivity contribution in [2.75, 3.05) is 0 Å². The molecule has 0 unspecified atom stereocenters. The zero-order valence-corrected chi connectivity index (χ0v) is 9.92. The van der Waals surface area contributed by atoms with E-state index in [0.29, 0.717) is 0 Å². The first-order chi connectivity index (χ1) is 7.97. The fourth-order valence-electron chi connectivity index (χ4n) is 1.43. The van der Waals surface area contributed by atoms with Gasteiger partial charge in [-0.05, 0) is 11.6 Å². The molecule has 1 aromatic heterocycles. The van der Waals surface area contributed by atoms with Crippen LogP contribution in [0.25, 0.3) is 0 Å². The molecular formula is C10H6BrF3N2O. The Kier molecular flexibility index (Phi) is 3.19. The number of halogens is 4. The second-order valence-electron chi connectivity index (χ2n) is 3.30. The minimum Gasteiger partial charge on any atom is -0.327 e. The van der Waals surface area contributed by atoms with E-state index in [1.165, 1.54) is 12.1 Å². The molecule has 0 spiro atoms. The first-order valence-corrected chi connectivity index (χ1v) is 5.39. The van der Waals surface area contributed by atoms with Crippen molar-refractivity contribution in [3.63, 3.8) is 0 Å². The Morgan fingerprint density at radius 2 is 1.94 bits per heavy atom. The van der Waals surface area contributed by atoms with E-state index in [4.69, 9.17) is 0 Å². The number of nitrogens with zero attached hydrogens (tertiary/aromatic N) is 2. The average Bonchev–Trinajstić information content (AvgIpc) is 2.63. The van der Waals surface area contributed by atoms with Crippen molar-refractivity contribution in [1.29, 1.82) is 0 Å². The molecular weight excluding hydrogens is 301 g/mol. The number of aromatic nitrogens is 2. The highest BCUT2D eigenvalue weighted by Crippen LogP contribution is 2.32. The number of hydrogen-bond acceptors (Lipinski definition) is 3. The first kappa shape index (κ1) is 12.1. The van der Waals surface area contributed by atoms with Gasteiger partial charge in [-0.2, -0.15) is 18.2 Å².